The molecule has 0 radical (unpaired) electrons. The van der Waals surface area contributed by atoms with E-state index in [2.05, 4.69) is 6.92 Å². The minimum Gasteiger partial charge on any atom is -0.480 e. The summed E-state index contributed by atoms with van der Waals surface area (Å²) in [6.45, 7) is 4.31. The zero-order chi connectivity index (χ0) is 13.5. The van der Waals surface area contributed by atoms with Crippen LogP contribution in [0.4, 0.5) is 0 Å². The second-order valence-electron chi connectivity index (χ2n) is 5.94. The molecule has 0 aliphatic carbocycles. The van der Waals surface area contributed by atoms with Crippen molar-refractivity contribution in [2.45, 2.75) is 25.9 Å². The van der Waals surface area contributed by atoms with Crippen molar-refractivity contribution < 1.29 is 9.53 Å². The summed E-state index contributed by atoms with van der Waals surface area (Å²) < 4.78 is 5.76. The van der Waals surface area contributed by atoms with Crippen LogP contribution in [-0.4, -0.2) is 36.5 Å². The third-order valence-electron chi connectivity index (χ3n) is 4.28. The third-order valence-corrected chi connectivity index (χ3v) is 4.28. The molecule has 2 aliphatic rings. The molecule has 1 amide bonds. The molecule has 0 spiro atoms. The van der Waals surface area contributed by atoms with Gasteiger partial charge in [0, 0.05) is 19.5 Å². The van der Waals surface area contributed by atoms with Crippen LogP contribution in [0.2, 0.25) is 0 Å². The summed E-state index contributed by atoms with van der Waals surface area (Å²) in [6, 6.07) is 7.87. The Hall–Kier alpha value is -1.26. The first-order chi connectivity index (χ1) is 9.11. The standard InChI is InChI=1S/C15H20N2O2.ClH/c1-15(9-16)6-7-17(10-15)14(18)13-8-11-4-2-3-5-12(11)19-13;/h2-5,13H,6-10,16H2,1H3;1H. The van der Waals surface area contributed by atoms with E-state index in [0.717, 1.165) is 30.8 Å². The summed E-state index contributed by atoms with van der Waals surface area (Å²) in [5.41, 5.74) is 6.98. The van der Waals surface area contributed by atoms with Gasteiger partial charge in [0.25, 0.3) is 5.91 Å². The molecule has 2 atom stereocenters. The normalized spacial score (nSPS) is 27.7. The lowest BCUT2D eigenvalue weighted by Crippen LogP contribution is -2.41. The average Bonchev–Trinajstić information content (AvgIpc) is 3.02. The Kier molecular flexibility index (Phi) is 4.25. The molecule has 2 N–H and O–H groups in total. The molecule has 1 fully saturated rings. The third kappa shape index (κ3) is 2.63. The van der Waals surface area contributed by atoms with Crippen LogP contribution in [0.25, 0.3) is 0 Å². The van der Waals surface area contributed by atoms with E-state index in [-0.39, 0.29) is 29.8 Å². The van der Waals surface area contributed by atoms with Crippen LogP contribution in [0, 0.1) is 5.41 Å². The Balaban J connectivity index is 0.00000147. The first kappa shape index (κ1) is 15.1. The van der Waals surface area contributed by atoms with Gasteiger partial charge in [0.15, 0.2) is 6.10 Å². The summed E-state index contributed by atoms with van der Waals surface area (Å²) in [5.74, 6) is 0.954. The quantitative estimate of drug-likeness (QED) is 0.902. The van der Waals surface area contributed by atoms with E-state index in [1.807, 2.05) is 29.2 Å². The van der Waals surface area contributed by atoms with Gasteiger partial charge in [0.2, 0.25) is 0 Å². The van der Waals surface area contributed by atoms with Gasteiger partial charge in [-0.1, -0.05) is 25.1 Å². The molecule has 5 heteroatoms. The summed E-state index contributed by atoms with van der Waals surface area (Å²) in [4.78, 5) is 14.4. The molecule has 2 unspecified atom stereocenters. The summed E-state index contributed by atoms with van der Waals surface area (Å²) in [6.07, 6.45) is 1.32. The van der Waals surface area contributed by atoms with Gasteiger partial charge in [-0.15, -0.1) is 12.4 Å². The number of ether oxygens (including phenoxy) is 1. The van der Waals surface area contributed by atoms with Crippen LogP contribution >= 0.6 is 12.4 Å². The van der Waals surface area contributed by atoms with Crippen LogP contribution in [0.1, 0.15) is 18.9 Å². The maximum atomic E-state index is 12.5. The highest BCUT2D eigenvalue weighted by molar-refractivity contribution is 5.85. The number of nitrogens with zero attached hydrogens (tertiary/aromatic N) is 1. The van der Waals surface area contributed by atoms with Gasteiger partial charge in [-0.2, -0.15) is 0 Å². The number of rotatable bonds is 2. The van der Waals surface area contributed by atoms with Gasteiger partial charge in [0.05, 0.1) is 0 Å². The molecule has 0 bridgehead atoms. The van der Waals surface area contributed by atoms with Crippen molar-refractivity contribution in [2.24, 2.45) is 11.1 Å². The molecule has 0 aromatic heterocycles. The fourth-order valence-electron chi connectivity index (χ4n) is 2.90. The molecule has 1 saturated heterocycles. The number of hydrogen-bond acceptors (Lipinski definition) is 3. The monoisotopic (exact) mass is 296 g/mol. The highest BCUT2D eigenvalue weighted by Crippen LogP contribution is 2.32. The molecular weight excluding hydrogens is 276 g/mol. The number of hydrogen-bond donors (Lipinski definition) is 1. The van der Waals surface area contributed by atoms with Gasteiger partial charge in [-0.25, -0.2) is 0 Å². The van der Waals surface area contributed by atoms with Crippen LogP contribution in [0.5, 0.6) is 5.75 Å². The van der Waals surface area contributed by atoms with Crippen LogP contribution in [0.15, 0.2) is 24.3 Å². The number of amides is 1. The van der Waals surface area contributed by atoms with Crippen molar-refractivity contribution in [3.63, 3.8) is 0 Å². The number of carbonyl (C=O) groups excluding carboxylic acids is 1. The van der Waals surface area contributed by atoms with Crippen molar-refractivity contribution >= 4 is 18.3 Å². The second-order valence-corrected chi connectivity index (χ2v) is 5.94. The maximum absolute atomic E-state index is 12.5. The second kappa shape index (κ2) is 5.62. The van der Waals surface area contributed by atoms with Crippen LogP contribution < -0.4 is 10.5 Å². The van der Waals surface area contributed by atoms with Gasteiger partial charge in [-0.3, -0.25) is 4.79 Å². The number of halogens is 1. The molecular formula is C15H21ClN2O2. The number of nitrogens with two attached hydrogens (primary N) is 1. The minimum atomic E-state index is -0.350. The summed E-state index contributed by atoms with van der Waals surface area (Å²) >= 11 is 0. The molecule has 2 heterocycles. The molecule has 1 aromatic rings. The van der Waals surface area contributed by atoms with E-state index in [4.69, 9.17) is 10.5 Å². The Labute approximate surface area is 125 Å². The largest absolute Gasteiger partial charge is 0.480 e. The lowest BCUT2D eigenvalue weighted by Gasteiger charge is -2.24. The summed E-state index contributed by atoms with van der Waals surface area (Å²) in [7, 11) is 0. The molecule has 20 heavy (non-hydrogen) atoms. The average molecular weight is 297 g/mol. The first-order valence-corrected chi connectivity index (χ1v) is 6.85. The van der Waals surface area contributed by atoms with Crippen molar-refractivity contribution in [3.05, 3.63) is 29.8 Å². The summed E-state index contributed by atoms with van der Waals surface area (Å²) in [5, 5.41) is 0. The lowest BCUT2D eigenvalue weighted by atomic mass is 9.90. The molecule has 1 aromatic carbocycles. The van der Waals surface area contributed by atoms with Crippen molar-refractivity contribution in [2.75, 3.05) is 19.6 Å². The van der Waals surface area contributed by atoms with E-state index < -0.39 is 0 Å². The number of fused-ring (bicyclic) bond motifs is 1. The maximum Gasteiger partial charge on any atom is 0.264 e. The zero-order valence-corrected chi connectivity index (χ0v) is 12.5. The number of para-hydroxylation sites is 1. The van der Waals surface area contributed by atoms with Gasteiger partial charge < -0.3 is 15.4 Å². The van der Waals surface area contributed by atoms with Crippen molar-refractivity contribution in [1.29, 1.82) is 0 Å². The molecule has 0 saturated carbocycles. The number of likely N-dealkylation sites (tertiary alicyclic amines) is 1. The number of carbonyl (C=O) groups is 1. The van der Waals surface area contributed by atoms with Crippen LogP contribution in [0.3, 0.4) is 0 Å². The predicted octanol–water partition coefficient (Wildman–Crippen LogP) is 1.61. The smallest absolute Gasteiger partial charge is 0.264 e. The Morgan fingerprint density at radius 3 is 2.90 bits per heavy atom. The first-order valence-electron chi connectivity index (χ1n) is 6.85. The molecule has 4 nitrogen and oxygen atoms in total. The predicted molar refractivity (Wildman–Crippen MR) is 80.2 cm³/mol. The Bertz CT molecular complexity index is 483. The van der Waals surface area contributed by atoms with E-state index in [9.17, 15) is 4.79 Å². The fourth-order valence-corrected chi connectivity index (χ4v) is 2.90. The van der Waals surface area contributed by atoms with E-state index in [1.165, 1.54) is 0 Å². The van der Waals surface area contributed by atoms with E-state index >= 15 is 0 Å². The highest BCUT2D eigenvalue weighted by Gasteiger charge is 2.39. The van der Waals surface area contributed by atoms with Crippen LogP contribution in [-0.2, 0) is 11.2 Å². The van der Waals surface area contributed by atoms with Crippen molar-refractivity contribution in [3.8, 4) is 5.75 Å². The fraction of sp³-hybridized carbons (Fsp3) is 0.533. The highest BCUT2D eigenvalue weighted by atomic mass is 35.5. The minimum absolute atomic E-state index is 0. The van der Waals surface area contributed by atoms with Gasteiger partial charge in [0.1, 0.15) is 5.75 Å². The number of benzene rings is 1. The molecule has 110 valence electrons. The Morgan fingerprint density at radius 2 is 2.25 bits per heavy atom. The topological polar surface area (TPSA) is 55.6 Å². The lowest BCUT2D eigenvalue weighted by molar-refractivity contribution is -0.137. The van der Waals surface area contributed by atoms with E-state index in [0.29, 0.717) is 13.0 Å². The SMILES string of the molecule is CC1(CN)CCN(C(=O)C2Cc3ccccc3O2)C1.Cl. The molecule has 2 aliphatic heterocycles. The zero-order valence-electron chi connectivity index (χ0n) is 11.7. The molecule has 3 rings (SSSR count). The van der Waals surface area contributed by atoms with Gasteiger partial charge in [-0.05, 0) is 30.0 Å². The Morgan fingerprint density at radius 1 is 1.50 bits per heavy atom. The van der Waals surface area contributed by atoms with Crippen molar-refractivity contribution in [1.82, 2.24) is 4.90 Å². The van der Waals surface area contributed by atoms with Gasteiger partial charge >= 0.3 is 0 Å². The van der Waals surface area contributed by atoms with E-state index in [1.54, 1.807) is 0 Å².